The van der Waals surface area contributed by atoms with Crippen molar-refractivity contribution in [2.45, 2.75) is 50.2 Å². The molecule has 0 saturated heterocycles. The number of fused-ring (bicyclic) bond motifs is 3. The van der Waals surface area contributed by atoms with E-state index in [0.29, 0.717) is 30.7 Å². The summed E-state index contributed by atoms with van der Waals surface area (Å²) in [5.74, 6) is 0.0477. The number of methoxy groups -OCH3 is 1. The monoisotopic (exact) mass is 399 g/mol. The van der Waals surface area contributed by atoms with Crippen molar-refractivity contribution in [2.75, 3.05) is 13.7 Å². The third kappa shape index (κ3) is 3.72. The molecule has 3 N–H and O–H groups in total. The van der Waals surface area contributed by atoms with Crippen LogP contribution in [0, 0.1) is 0 Å². The van der Waals surface area contributed by atoms with E-state index in [1.807, 2.05) is 18.2 Å². The van der Waals surface area contributed by atoms with Gasteiger partial charge in [0.25, 0.3) is 11.5 Å². The van der Waals surface area contributed by atoms with Crippen molar-refractivity contribution in [2.24, 2.45) is 0 Å². The van der Waals surface area contributed by atoms with Gasteiger partial charge in [-0.15, -0.1) is 0 Å². The molecule has 8 nitrogen and oxygen atoms in total. The molecule has 29 heavy (non-hydrogen) atoms. The van der Waals surface area contributed by atoms with E-state index in [1.165, 1.54) is 0 Å². The van der Waals surface area contributed by atoms with Gasteiger partial charge in [-0.25, -0.2) is 4.79 Å². The molecule has 0 radical (unpaired) electrons. The Bertz CT molecular complexity index is 1030. The van der Waals surface area contributed by atoms with Gasteiger partial charge in [0.15, 0.2) is 0 Å². The van der Waals surface area contributed by atoms with Crippen molar-refractivity contribution in [1.29, 1.82) is 0 Å². The summed E-state index contributed by atoms with van der Waals surface area (Å²) in [7, 11) is 1.62. The van der Waals surface area contributed by atoms with Gasteiger partial charge in [0.2, 0.25) is 5.88 Å². The number of aromatic nitrogens is 2. The van der Waals surface area contributed by atoms with Crippen molar-refractivity contribution in [1.82, 2.24) is 15.3 Å². The topological polar surface area (TPSA) is 113 Å². The maximum absolute atomic E-state index is 12.6. The Morgan fingerprint density at radius 2 is 2.17 bits per heavy atom. The summed E-state index contributed by atoms with van der Waals surface area (Å²) < 4.78 is 11.3. The number of hydrogen-bond donors (Lipinski definition) is 3. The molecule has 2 aliphatic rings. The lowest BCUT2D eigenvalue weighted by Crippen LogP contribution is -2.44. The Hall–Kier alpha value is -2.87. The second-order valence-electron chi connectivity index (χ2n) is 7.76. The van der Waals surface area contributed by atoms with Crippen LogP contribution in [0.1, 0.15) is 59.5 Å². The highest BCUT2D eigenvalue weighted by atomic mass is 16.5. The normalized spacial score (nSPS) is 22.4. The number of aromatic amines is 2. The van der Waals surface area contributed by atoms with E-state index in [4.69, 9.17) is 9.47 Å². The first-order valence-corrected chi connectivity index (χ1v) is 9.94. The molecule has 2 atom stereocenters. The van der Waals surface area contributed by atoms with E-state index in [9.17, 15) is 14.4 Å². The van der Waals surface area contributed by atoms with Gasteiger partial charge in [0, 0.05) is 31.6 Å². The summed E-state index contributed by atoms with van der Waals surface area (Å²) in [5, 5.41) is 2.96. The smallest absolute Gasteiger partial charge is 0.328 e. The third-order valence-electron chi connectivity index (χ3n) is 5.91. The van der Waals surface area contributed by atoms with E-state index in [1.54, 1.807) is 13.2 Å². The van der Waals surface area contributed by atoms with Crippen LogP contribution in [0.5, 0.6) is 5.88 Å². The lowest BCUT2D eigenvalue weighted by Gasteiger charge is -2.38. The summed E-state index contributed by atoms with van der Waals surface area (Å²) in [6, 6.07) is 7.32. The number of carbonyl (C=O) groups is 1. The molecule has 1 aliphatic carbocycles. The fourth-order valence-electron chi connectivity index (χ4n) is 4.62. The first kappa shape index (κ1) is 19.4. The molecule has 1 aromatic heterocycles. The van der Waals surface area contributed by atoms with Crippen LogP contribution in [-0.4, -0.2) is 35.1 Å². The molecule has 1 aromatic carbocycles. The van der Waals surface area contributed by atoms with Gasteiger partial charge in [0.05, 0.1) is 12.2 Å². The van der Waals surface area contributed by atoms with Crippen LogP contribution in [-0.2, 0) is 11.3 Å². The molecule has 1 saturated carbocycles. The van der Waals surface area contributed by atoms with Crippen LogP contribution in [0.4, 0.5) is 0 Å². The van der Waals surface area contributed by atoms with Crippen LogP contribution in [0.3, 0.4) is 0 Å². The molecule has 4 rings (SSSR count). The van der Waals surface area contributed by atoms with Gasteiger partial charge >= 0.3 is 5.69 Å². The SMILES string of the molecule is COCc1cccc(C(=O)NCC[C@@]23CCCC[C@@H]2c2c([nH]c(=O)[nH]c2=O)O3)c1. The summed E-state index contributed by atoms with van der Waals surface area (Å²) in [4.78, 5) is 41.5. The molecule has 2 aromatic rings. The fraction of sp³-hybridized carbons (Fsp3) is 0.476. The number of rotatable bonds is 6. The van der Waals surface area contributed by atoms with E-state index >= 15 is 0 Å². The molecule has 0 unspecified atom stereocenters. The third-order valence-corrected chi connectivity index (χ3v) is 5.91. The highest BCUT2D eigenvalue weighted by molar-refractivity contribution is 5.94. The molecule has 1 fully saturated rings. The van der Waals surface area contributed by atoms with Gasteiger partial charge in [-0.1, -0.05) is 18.6 Å². The zero-order valence-corrected chi connectivity index (χ0v) is 16.4. The number of nitrogens with one attached hydrogen (secondary N) is 3. The minimum atomic E-state index is -0.566. The lowest BCUT2D eigenvalue weighted by atomic mass is 9.72. The number of ether oxygens (including phenoxy) is 2. The Kier molecular flexibility index (Phi) is 5.27. The van der Waals surface area contributed by atoms with Crippen LogP contribution in [0.25, 0.3) is 0 Å². The van der Waals surface area contributed by atoms with Gasteiger partial charge in [-0.05, 0) is 37.0 Å². The standard InChI is InChI=1S/C21H25N3O5/c1-28-12-13-5-4-6-14(11-13)17(25)22-10-9-21-8-3-2-7-15(21)16-18(26)23-20(27)24-19(16)29-21/h4-6,11,15H,2-3,7-10,12H2,1H3,(H,22,25)(H2,23,24,26,27)/t15-,21+/m1/s1. The Morgan fingerprint density at radius 3 is 3.00 bits per heavy atom. The van der Waals surface area contributed by atoms with E-state index in [0.717, 1.165) is 31.2 Å². The number of hydrogen-bond acceptors (Lipinski definition) is 5. The molecular formula is C21H25N3O5. The summed E-state index contributed by atoms with van der Waals surface area (Å²) in [5.41, 5.74) is 0.534. The van der Waals surface area contributed by atoms with E-state index < -0.39 is 11.3 Å². The first-order valence-electron chi connectivity index (χ1n) is 9.94. The second-order valence-corrected chi connectivity index (χ2v) is 7.76. The maximum atomic E-state index is 12.6. The molecule has 2 heterocycles. The molecule has 0 spiro atoms. The first-order chi connectivity index (χ1) is 14.0. The van der Waals surface area contributed by atoms with E-state index in [2.05, 4.69) is 15.3 Å². The van der Waals surface area contributed by atoms with Crippen LogP contribution < -0.4 is 21.3 Å². The summed E-state index contributed by atoms with van der Waals surface area (Å²) in [6.07, 6.45) is 4.17. The largest absolute Gasteiger partial charge is 0.471 e. The minimum absolute atomic E-state index is 0.0752. The van der Waals surface area contributed by atoms with Gasteiger partial charge < -0.3 is 14.8 Å². The summed E-state index contributed by atoms with van der Waals surface area (Å²) >= 11 is 0. The second kappa shape index (κ2) is 7.87. The number of carbonyl (C=O) groups excluding carboxylic acids is 1. The van der Waals surface area contributed by atoms with Crippen molar-refractivity contribution in [3.8, 4) is 5.88 Å². The highest BCUT2D eigenvalue weighted by Crippen LogP contribution is 2.51. The Balaban J connectivity index is 1.47. The van der Waals surface area contributed by atoms with Gasteiger partial charge in [0.1, 0.15) is 5.60 Å². The molecule has 1 amide bonds. The quantitative estimate of drug-likeness (QED) is 0.686. The average molecular weight is 399 g/mol. The van der Waals surface area contributed by atoms with Gasteiger partial charge in [-0.3, -0.25) is 19.6 Å². The highest BCUT2D eigenvalue weighted by Gasteiger charge is 2.51. The number of H-pyrrole nitrogens is 2. The molecule has 0 bridgehead atoms. The predicted molar refractivity (Wildman–Crippen MR) is 106 cm³/mol. The molecule has 1 aliphatic heterocycles. The van der Waals surface area contributed by atoms with E-state index in [-0.39, 0.29) is 23.3 Å². The summed E-state index contributed by atoms with van der Waals surface area (Å²) in [6.45, 7) is 0.866. The average Bonchev–Trinajstić information content (AvgIpc) is 3.02. The predicted octanol–water partition coefficient (Wildman–Crippen LogP) is 1.82. The lowest BCUT2D eigenvalue weighted by molar-refractivity contribution is 0.0245. The molecular weight excluding hydrogens is 374 g/mol. The zero-order valence-electron chi connectivity index (χ0n) is 16.4. The molecule has 154 valence electrons. The fourth-order valence-corrected chi connectivity index (χ4v) is 4.62. The zero-order chi connectivity index (χ0) is 20.4. The van der Waals surface area contributed by atoms with Crippen molar-refractivity contribution < 1.29 is 14.3 Å². The minimum Gasteiger partial charge on any atom is -0.471 e. The van der Waals surface area contributed by atoms with Crippen LogP contribution >= 0.6 is 0 Å². The number of benzene rings is 1. The van der Waals surface area contributed by atoms with Gasteiger partial charge in [-0.2, -0.15) is 0 Å². The Morgan fingerprint density at radius 1 is 1.31 bits per heavy atom. The van der Waals surface area contributed by atoms with Crippen LogP contribution in [0.15, 0.2) is 33.9 Å². The maximum Gasteiger partial charge on any atom is 0.328 e. The van der Waals surface area contributed by atoms with Crippen LogP contribution in [0.2, 0.25) is 0 Å². The van der Waals surface area contributed by atoms with Crippen molar-refractivity contribution in [3.05, 3.63) is 61.8 Å². The number of amides is 1. The Labute approximate surface area is 167 Å². The molecule has 8 heteroatoms. The van der Waals surface area contributed by atoms with Crippen molar-refractivity contribution >= 4 is 5.91 Å². The van der Waals surface area contributed by atoms with Crippen molar-refractivity contribution in [3.63, 3.8) is 0 Å².